The highest BCUT2D eigenvalue weighted by atomic mass is 32.2. The highest BCUT2D eigenvalue weighted by Crippen LogP contribution is 2.29. The van der Waals surface area contributed by atoms with E-state index < -0.39 is 0 Å². The van der Waals surface area contributed by atoms with E-state index in [9.17, 15) is 0 Å². The molecular formula is C13H8N4S2. The second-order valence-electron chi connectivity index (χ2n) is 3.98. The summed E-state index contributed by atoms with van der Waals surface area (Å²) in [4.78, 5) is 4.56. The third kappa shape index (κ3) is 1.98. The molecule has 2 heterocycles. The predicted octanol–water partition coefficient (Wildman–Crippen LogP) is 3.60. The number of nitrogens with zero attached hydrogens (tertiary/aromatic N) is 4. The van der Waals surface area contributed by atoms with Crippen molar-refractivity contribution < 1.29 is 0 Å². The molecule has 0 atom stereocenters. The van der Waals surface area contributed by atoms with Crippen LogP contribution in [0.15, 0.2) is 52.9 Å². The maximum atomic E-state index is 4.56. The third-order valence-electron chi connectivity index (χ3n) is 2.70. The van der Waals surface area contributed by atoms with Crippen LogP contribution in [0.5, 0.6) is 0 Å². The number of benzene rings is 2. The second kappa shape index (κ2) is 4.32. The van der Waals surface area contributed by atoms with Crippen LogP contribution in [-0.2, 0) is 0 Å². The molecule has 0 bridgehead atoms. The Kier molecular flexibility index (Phi) is 2.49. The van der Waals surface area contributed by atoms with Crippen LogP contribution in [0.25, 0.3) is 21.3 Å². The van der Waals surface area contributed by atoms with Gasteiger partial charge in [0, 0.05) is 0 Å². The van der Waals surface area contributed by atoms with Crippen LogP contribution in [-0.4, -0.2) is 19.4 Å². The lowest BCUT2D eigenvalue weighted by atomic mass is 10.3. The quantitative estimate of drug-likeness (QED) is 0.564. The Hall–Kier alpha value is -1.92. The van der Waals surface area contributed by atoms with Gasteiger partial charge in [0.2, 0.25) is 0 Å². The van der Waals surface area contributed by atoms with Crippen molar-refractivity contribution in [2.45, 2.75) is 4.34 Å². The normalized spacial score (nSPS) is 11.4. The fraction of sp³-hybridized carbons (Fsp3) is 0. The van der Waals surface area contributed by atoms with Gasteiger partial charge >= 0.3 is 0 Å². The van der Waals surface area contributed by atoms with E-state index in [1.54, 1.807) is 15.5 Å². The summed E-state index contributed by atoms with van der Waals surface area (Å²) < 4.78 is 3.76. The maximum absolute atomic E-state index is 4.56. The highest BCUT2D eigenvalue weighted by Gasteiger charge is 2.08. The summed E-state index contributed by atoms with van der Waals surface area (Å²) in [6, 6.07) is 15.9. The van der Waals surface area contributed by atoms with Gasteiger partial charge < -0.3 is 0 Å². The minimum atomic E-state index is 0.899. The lowest BCUT2D eigenvalue weighted by molar-refractivity contribution is 0.878. The van der Waals surface area contributed by atoms with Crippen molar-refractivity contribution in [1.29, 1.82) is 0 Å². The summed E-state index contributed by atoms with van der Waals surface area (Å²) in [5.41, 5.74) is 2.82. The standard InChI is InChI=1S/C13H8N4S2/c1-2-6-10-9(5-1)15-17(16-10)19-13-14-11-7-3-4-8-12(11)18-13/h1-8H. The molecule has 2 aromatic heterocycles. The van der Waals surface area contributed by atoms with Crippen LogP contribution in [0.2, 0.25) is 0 Å². The third-order valence-corrected chi connectivity index (χ3v) is 4.58. The second-order valence-corrected chi connectivity index (χ2v) is 6.17. The summed E-state index contributed by atoms with van der Waals surface area (Å²) in [7, 11) is 0. The average Bonchev–Trinajstić information content (AvgIpc) is 3.00. The SMILES string of the molecule is c1ccc2nn(Sc3nc4ccccc4s3)nc2c1. The Balaban J connectivity index is 1.73. The molecule has 0 amide bonds. The monoisotopic (exact) mass is 284 g/mol. The Labute approximate surface area is 117 Å². The molecule has 0 aliphatic heterocycles. The van der Waals surface area contributed by atoms with Crippen molar-refractivity contribution in [1.82, 2.24) is 19.4 Å². The maximum Gasteiger partial charge on any atom is 0.175 e. The largest absolute Gasteiger partial charge is 0.228 e. The molecule has 4 aromatic rings. The van der Waals surface area contributed by atoms with Gasteiger partial charge in [-0.05, 0) is 24.3 Å². The molecule has 0 radical (unpaired) electrons. The lowest BCUT2D eigenvalue weighted by Gasteiger charge is -1.91. The molecule has 92 valence electrons. The van der Waals surface area contributed by atoms with Crippen LogP contribution < -0.4 is 0 Å². The van der Waals surface area contributed by atoms with Gasteiger partial charge in [-0.1, -0.05) is 24.3 Å². The van der Waals surface area contributed by atoms with Gasteiger partial charge in [0.1, 0.15) is 11.0 Å². The number of aromatic nitrogens is 4. The van der Waals surface area contributed by atoms with E-state index in [0.717, 1.165) is 20.9 Å². The first-order valence-electron chi connectivity index (χ1n) is 5.74. The van der Waals surface area contributed by atoms with Crippen molar-refractivity contribution in [2.75, 3.05) is 0 Å². The van der Waals surface area contributed by atoms with Gasteiger partial charge in [0.25, 0.3) is 0 Å². The summed E-state index contributed by atoms with van der Waals surface area (Å²) in [5.74, 6) is 0. The van der Waals surface area contributed by atoms with Gasteiger partial charge in [-0.25, -0.2) is 4.98 Å². The smallest absolute Gasteiger partial charge is 0.175 e. The first kappa shape index (κ1) is 11.0. The number of hydrogen-bond donors (Lipinski definition) is 0. The molecule has 0 N–H and O–H groups in total. The Morgan fingerprint density at radius 1 is 0.842 bits per heavy atom. The van der Waals surface area contributed by atoms with E-state index in [4.69, 9.17) is 0 Å². The first-order chi connectivity index (χ1) is 9.38. The minimum Gasteiger partial charge on any atom is -0.228 e. The van der Waals surface area contributed by atoms with Gasteiger partial charge in [-0.3, -0.25) is 0 Å². The Bertz CT molecular complexity index is 727. The molecule has 19 heavy (non-hydrogen) atoms. The van der Waals surface area contributed by atoms with Gasteiger partial charge in [-0.15, -0.1) is 25.7 Å². The summed E-state index contributed by atoms with van der Waals surface area (Å²) >= 11 is 3.09. The topological polar surface area (TPSA) is 43.6 Å². The van der Waals surface area contributed by atoms with Crippen molar-refractivity contribution in [3.63, 3.8) is 0 Å². The van der Waals surface area contributed by atoms with Crippen LogP contribution in [0.1, 0.15) is 0 Å². The molecule has 0 aliphatic rings. The molecule has 4 rings (SSSR count). The molecule has 6 heteroatoms. The first-order valence-corrected chi connectivity index (χ1v) is 7.33. The van der Waals surface area contributed by atoms with E-state index in [-0.39, 0.29) is 0 Å². The molecular weight excluding hydrogens is 276 g/mol. The molecule has 0 fully saturated rings. The zero-order valence-electron chi connectivity index (χ0n) is 9.72. The van der Waals surface area contributed by atoms with Crippen molar-refractivity contribution >= 4 is 44.5 Å². The fourth-order valence-electron chi connectivity index (χ4n) is 1.84. The predicted molar refractivity (Wildman–Crippen MR) is 78.4 cm³/mol. The van der Waals surface area contributed by atoms with Gasteiger partial charge in [0.05, 0.1) is 22.2 Å². The number of hydrogen-bond acceptors (Lipinski definition) is 5. The summed E-state index contributed by atoms with van der Waals surface area (Å²) in [6.07, 6.45) is 0. The summed E-state index contributed by atoms with van der Waals surface area (Å²) in [6.45, 7) is 0. The van der Waals surface area contributed by atoms with Crippen molar-refractivity contribution in [3.8, 4) is 0 Å². The van der Waals surface area contributed by atoms with Crippen LogP contribution in [0, 0.1) is 0 Å². The van der Waals surface area contributed by atoms with E-state index in [1.807, 2.05) is 42.5 Å². The van der Waals surface area contributed by atoms with Crippen molar-refractivity contribution in [2.24, 2.45) is 0 Å². The molecule has 0 saturated heterocycles. The highest BCUT2D eigenvalue weighted by molar-refractivity contribution is 7.99. The molecule has 0 unspecified atom stereocenters. The summed E-state index contributed by atoms with van der Waals surface area (Å²) in [5, 5.41) is 8.83. The molecule has 0 saturated carbocycles. The van der Waals surface area contributed by atoms with E-state index in [1.165, 1.54) is 16.6 Å². The van der Waals surface area contributed by atoms with Gasteiger partial charge in [-0.2, -0.15) is 0 Å². The molecule has 2 aromatic carbocycles. The number of thiazole rings is 1. The zero-order chi connectivity index (χ0) is 12.7. The average molecular weight is 284 g/mol. The molecule has 0 spiro atoms. The Morgan fingerprint density at radius 2 is 1.47 bits per heavy atom. The number of para-hydroxylation sites is 1. The lowest BCUT2D eigenvalue weighted by Crippen LogP contribution is -1.90. The van der Waals surface area contributed by atoms with Gasteiger partial charge in [0.15, 0.2) is 4.34 Å². The Morgan fingerprint density at radius 3 is 2.16 bits per heavy atom. The van der Waals surface area contributed by atoms with Crippen LogP contribution in [0.4, 0.5) is 0 Å². The number of fused-ring (bicyclic) bond motifs is 2. The van der Waals surface area contributed by atoms with Crippen LogP contribution >= 0.6 is 23.3 Å². The zero-order valence-corrected chi connectivity index (χ0v) is 11.4. The molecule has 4 nitrogen and oxygen atoms in total. The van der Waals surface area contributed by atoms with Crippen molar-refractivity contribution in [3.05, 3.63) is 48.5 Å². The fourth-order valence-corrected chi connectivity index (χ4v) is 3.69. The van der Waals surface area contributed by atoms with E-state index in [0.29, 0.717) is 0 Å². The number of rotatable bonds is 2. The van der Waals surface area contributed by atoms with Crippen LogP contribution in [0.3, 0.4) is 0 Å². The molecule has 0 aliphatic carbocycles. The minimum absolute atomic E-state index is 0.899. The van der Waals surface area contributed by atoms with E-state index in [2.05, 4.69) is 21.2 Å². The van der Waals surface area contributed by atoms with E-state index >= 15 is 0 Å².